The molecule has 4 rings (SSSR count). The molecule has 1 N–H and O–H groups in total. The van der Waals surface area contributed by atoms with Crippen molar-refractivity contribution >= 4 is 5.95 Å². The molecule has 2 aliphatic heterocycles. The van der Waals surface area contributed by atoms with Crippen LogP contribution in [0.2, 0.25) is 0 Å². The maximum Gasteiger partial charge on any atom is 0.222 e. The van der Waals surface area contributed by atoms with Crippen molar-refractivity contribution in [3.8, 4) is 0 Å². The van der Waals surface area contributed by atoms with Gasteiger partial charge >= 0.3 is 0 Å². The van der Waals surface area contributed by atoms with Crippen LogP contribution >= 0.6 is 0 Å². The van der Waals surface area contributed by atoms with Gasteiger partial charge in [-0.15, -0.1) is 0 Å². The molecule has 2 fully saturated rings. The van der Waals surface area contributed by atoms with Crippen LogP contribution < -0.4 is 5.32 Å². The molecule has 2 aromatic rings. The lowest BCUT2D eigenvalue weighted by atomic mass is 9.89. The Morgan fingerprint density at radius 1 is 1.23 bits per heavy atom. The monoisotopic (exact) mass is 352 g/mol. The van der Waals surface area contributed by atoms with Crippen molar-refractivity contribution in [2.45, 2.75) is 44.2 Å². The van der Waals surface area contributed by atoms with E-state index in [1.54, 1.807) is 0 Å². The van der Waals surface area contributed by atoms with Crippen LogP contribution in [0.15, 0.2) is 42.7 Å². The van der Waals surface area contributed by atoms with Gasteiger partial charge in [-0.25, -0.2) is 9.97 Å². The number of likely N-dealkylation sites (tertiary alicyclic amines) is 1. The average molecular weight is 352 g/mol. The van der Waals surface area contributed by atoms with Crippen LogP contribution in [-0.2, 0) is 11.2 Å². The zero-order chi connectivity index (χ0) is 17.8. The SMILES string of the molecule is Cc1cnc(N[C@@H]2CCO[C@]3(CCN(CCc4ccccc4)C3)C2)nc1. The van der Waals surface area contributed by atoms with Gasteiger partial charge in [0.25, 0.3) is 0 Å². The van der Waals surface area contributed by atoms with Gasteiger partial charge in [0.2, 0.25) is 5.95 Å². The molecule has 2 atom stereocenters. The second kappa shape index (κ2) is 7.72. The normalized spacial score (nSPS) is 26.3. The maximum absolute atomic E-state index is 6.27. The van der Waals surface area contributed by atoms with Gasteiger partial charge in [-0.3, -0.25) is 0 Å². The molecular formula is C21H28N4O. The predicted octanol–water partition coefficient (Wildman–Crippen LogP) is 3.06. The highest BCUT2D eigenvalue weighted by Gasteiger charge is 2.43. The first kappa shape index (κ1) is 17.4. The Morgan fingerprint density at radius 2 is 2.04 bits per heavy atom. The van der Waals surface area contributed by atoms with Crippen LogP contribution in [0.3, 0.4) is 0 Å². The third-order valence-electron chi connectivity index (χ3n) is 5.56. The lowest BCUT2D eigenvalue weighted by Crippen LogP contribution is -2.46. The number of hydrogen-bond donors (Lipinski definition) is 1. The Bertz CT molecular complexity index is 706. The van der Waals surface area contributed by atoms with Gasteiger partial charge in [-0.05, 0) is 43.7 Å². The smallest absolute Gasteiger partial charge is 0.222 e. The number of anilines is 1. The summed E-state index contributed by atoms with van der Waals surface area (Å²) in [5.41, 5.74) is 2.50. The minimum absolute atomic E-state index is 0.00268. The van der Waals surface area contributed by atoms with Crippen LogP contribution in [-0.4, -0.2) is 52.8 Å². The topological polar surface area (TPSA) is 50.3 Å². The van der Waals surface area contributed by atoms with E-state index in [2.05, 4.69) is 50.5 Å². The van der Waals surface area contributed by atoms with Gasteiger partial charge in [0.15, 0.2) is 0 Å². The molecule has 1 aromatic heterocycles. The molecule has 1 aromatic carbocycles. The number of aromatic nitrogens is 2. The van der Waals surface area contributed by atoms with Crippen molar-refractivity contribution < 1.29 is 4.74 Å². The Hall–Kier alpha value is -1.98. The van der Waals surface area contributed by atoms with Crippen molar-refractivity contribution in [1.29, 1.82) is 0 Å². The second-order valence-corrected chi connectivity index (χ2v) is 7.71. The zero-order valence-corrected chi connectivity index (χ0v) is 15.5. The summed E-state index contributed by atoms with van der Waals surface area (Å²) in [6.07, 6.45) is 8.01. The van der Waals surface area contributed by atoms with E-state index in [-0.39, 0.29) is 5.60 Å². The third-order valence-corrected chi connectivity index (χ3v) is 5.56. The molecule has 0 saturated carbocycles. The fourth-order valence-corrected chi connectivity index (χ4v) is 4.14. The van der Waals surface area contributed by atoms with E-state index in [0.717, 1.165) is 63.4 Å². The van der Waals surface area contributed by atoms with Crippen molar-refractivity contribution in [3.05, 3.63) is 53.9 Å². The number of hydrogen-bond acceptors (Lipinski definition) is 5. The van der Waals surface area contributed by atoms with E-state index in [0.29, 0.717) is 6.04 Å². The first-order valence-corrected chi connectivity index (χ1v) is 9.66. The summed E-state index contributed by atoms with van der Waals surface area (Å²) in [4.78, 5) is 11.3. The summed E-state index contributed by atoms with van der Waals surface area (Å²) >= 11 is 0. The first-order valence-electron chi connectivity index (χ1n) is 9.66. The zero-order valence-electron chi connectivity index (χ0n) is 15.5. The minimum Gasteiger partial charge on any atom is -0.373 e. The molecule has 138 valence electrons. The van der Waals surface area contributed by atoms with Crippen molar-refractivity contribution in [3.63, 3.8) is 0 Å². The van der Waals surface area contributed by atoms with Gasteiger partial charge in [0.1, 0.15) is 0 Å². The van der Waals surface area contributed by atoms with Gasteiger partial charge in [-0.2, -0.15) is 0 Å². The van der Waals surface area contributed by atoms with Crippen LogP contribution in [0, 0.1) is 6.92 Å². The second-order valence-electron chi connectivity index (χ2n) is 7.71. The van der Waals surface area contributed by atoms with E-state index < -0.39 is 0 Å². The molecule has 1 spiro atoms. The largest absolute Gasteiger partial charge is 0.373 e. The number of rotatable bonds is 5. The van der Waals surface area contributed by atoms with Crippen molar-refractivity contribution in [2.75, 3.05) is 31.6 Å². The molecule has 5 nitrogen and oxygen atoms in total. The molecule has 5 heteroatoms. The summed E-state index contributed by atoms with van der Waals surface area (Å²) in [5, 5.41) is 3.51. The third kappa shape index (κ3) is 4.22. The van der Waals surface area contributed by atoms with Crippen molar-refractivity contribution in [2.24, 2.45) is 0 Å². The Kier molecular flexibility index (Phi) is 5.18. The highest BCUT2D eigenvalue weighted by atomic mass is 16.5. The van der Waals surface area contributed by atoms with E-state index in [9.17, 15) is 0 Å². The molecular weight excluding hydrogens is 324 g/mol. The van der Waals surface area contributed by atoms with Crippen LogP contribution in [0.25, 0.3) is 0 Å². The number of nitrogens with one attached hydrogen (secondary N) is 1. The van der Waals surface area contributed by atoms with E-state index in [1.165, 1.54) is 5.56 Å². The first-order chi connectivity index (χ1) is 12.7. The lowest BCUT2D eigenvalue weighted by Gasteiger charge is -2.38. The molecule has 0 radical (unpaired) electrons. The van der Waals surface area contributed by atoms with Crippen LogP contribution in [0.1, 0.15) is 30.4 Å². The van der Waals surface area contributed by atoms with Crippen LogP contribution in [0.5, 0.6) is 0 Å². The maximum atomic E-state index is 6.27. The van der Waals surface area contributed by atoms with Crippen LogP contribution in [0.4, 0.5) is 5.95 Å². The highest BCUT2D eigenvalue weighted by molar-refractivity contribution is 5.26. The summed E-state index contributed by atoms with van der Waals surface area (Å²) < 4.78 is 6.27. The molecule has 0 unspecified atom stereocenters. The molecule has 0 bridgehead atoms. The number of nitrogens with zero attached hydrogens (tertiary/aromatic N) is 3. The molecule has 3 heterocycles. The molecule has 26 heavy (non-hydrogen) atoms. The molecule has 0 amide bonds. The molecule has 0 aliphatic carbocycles. The van der Waals surface area contributed by atoms with Gasteiger partial charge in [-0.1, -0.05) is 30.3 Å². The minimum atomic E-state index is -0.00268. The number of ether oxygens (including phenoxy) is 1. The Morgan fingerprint density at radius 3 is 2.85 bits per heavy atom. The van der Waals surface area contributed by atoms with E-state index in [1.807, 2.05) is 19.3 Å². The summed E-state index contributed by atoms with van der Waals surface area (Å²) in [6.45, 7) is 6.09. The number of benzene rings is 1. The Balaban J connectivity index is 1.31. The number of aryl methyl sites for hydroxylation is 1. The predicted molar refractivity (Wildman–Crippen MR) is 103 cm³/mol. The molecule has 2 saturated heterocycles. The average Bonchev–Trinajstić information content (AvgIpc) is 3.05. The van der Waals surface area contributed by atoms with Gasteiger partial charge in [0.05, 0.1) is 5.60 Å². The lowest BCUT2D eigenvalue weighted by molar-refractivity contribution is -0.0733. The molecule has 2 aliphatic rings. The van der Waals surface area contributed by atoms with Crippen molar-refractivity contribution in [1.82, 2.24) is 14.9 Å². The van der Waals surface area contributed by atoms with Gasteiger partial charge < -0.3 is 15.0 Å². The summed E-state index contributed by atoms with van der Waals surface area (Å²) in [7, 11) is 0. The quantitative estimate of drug-likeness (QED) is 0.896. The summed E-state index contributed by atoms with van der Waals surface area (Å²) in [6, 6.07) is 11.1. The fraction of sp³-hybridized carbons (Fsp3) is 0.524. The van der Waals surface area contributed by atoms with E-state index >= 15 is 0 Å². The van der Waals surface area contributed by atoms with E-state index in [4.69, 9.17) is 4.74 Å². The fourth-order valence-electron chi connectivity index (χ4n) is 4.14. The summed E-state index contributed by atoms with van der Waals surface area (Å²) in [5.74, 6) is 0.733. The standard InChI is InChI=1S/C21H28N4O/c1-17-14-22-20(23-15-17)24-19-8-12-26-21(13-19)9-11-25(16-21)10-7-18-5-3-2-4-6-18/h2-6,14-15,19H,7-13,16H2,1H3,(H,22,23,24)/t19-,21-/m1/s1. The Labute approximate surface area is 155 Å². The van der Waals surface area contributed by atoms with Gasteiger partial charge in [0, 0.05) is 44.7 Å². The highest BCUT2D eigenvalue weighted by Crippen LogP contribution is 2.35.